The summed E-state index contributed by atoms with van der Waals surface area (Å²) in [7, 11) is 1.53. The summed E-state index contributed by atoms with van der Waals surface area (Å²) in [5.74, 6) is 0.795. The van der Waals surface area contributed by atoms with Crippen LogP contribution in [0.5, 0.6) is 5.75 Å². The fourth-order valence-corrected chi connectivity index (χ4v) is 5.01. The third-order valence-corrected chi connectivity index (χ3v) is 6.85. The lowest BCUT2D eigenvalue weighted by Gasteiger charge is -2.25. The summed E-state index contributed by atoms with van der Waals surface area (Å²) >= 11 is 7.44. The Hall–Kier alpha value is -3.63. The van der Waals surface area contributed by atoms with E-state index in [1.807, 2.05) is 13.0 Å². The van der Waals surface area contributed by atoms with Gasteiger partial charge in [-0.1, -0.05) is 22.9 Å². The molecular formula is C24H21ClN6O3S. The number of amides is 2. The van der Waals surface area contributed by atoms with E-state index in [9.17, 15) is 9.59 Å². The second-order valence-electron chi connectivity index (χ2n) is 8.06. The first kappa shape index (κ1) is 23.1. The van der Waals surface area contributed by atoms with Gasteiger partial charge in [-0.15, -0.1) is 0 Å². The number of carbonyl (C=O) groups excluding carboxylic acids is 2. The molecule has 4 aromatic heterocycles. The number of thiazole rings is 1. The number of aryl methyl sites for hydroxylation is 1. The van der Waals surface area contributed by atoms with E-state index < -0.39 is 0 Å². The van der Waals surface area contributed by atoms with Crippen LogP contribution in [0.4, 0.5) is 10.9 Å². The van der Waals surface area contributed by atoms with Crippen molar-refractivity contribution in [1.29, 1.82) is 0 Å². The standard InChI is InChI=1S/C24H21ClN6O3S/c1-13-7-14(15-8-20(25)27-12-18(15)34-2)16(10-26-13)23(33)30-24-29-17-11-28-21(9-19(17)35-24)31-6-4-3-5-22(31)32/h7-12H,3-6H2,1-2H3,(H,29,30,33). The maximum atomic E-state index is 13.3. The Kier molecular flexibility index (Phi) is 6.31. The largest absolute Gasteiger partial charge is 0.494 e. The third kappa shape index (κ3) is 4.67. The smallest absolute Gasteiger partial charge is 0.259 e. The monoisotopic (exact) mass is 508 g/mol. The molecule has 0 radical (unpaired) electrons. The molecule has 1 aliphatic rings. The third-order valence-electron chi connectivity index (χ3n) is 5.71. The molecule has 0 aromatic carbocycles. The molecule has 1 saturated heterocycles. The number of nitrogens with zero attached hydrogens (tertiary/aromatic N) is 5. The highest BCUT2D eigenvalue weighted by Gasteiger charge is 2.22. The molecule has 11 heteroatoms. The van der Waals surface area contributed by atoms with Gasteiger partial charge in [0.1, 0.15) is 22.2 Å². The summed E-state index contributed by atoms with van der Waals surface area (Å²) in [6, 6.07) is 5.29. The van der Waals surface area contributed by atoms with Crippen LogP contribution in [0.3, 0.4) is 0 Å². The number of halogens is 1. The van der Waals surface area contributed by atoms with Gasteiger partial charge in [-0.25, -0.2) is 15.0 Å². The van der Waals surface area contributed by atoms with Gasteiger partial charge < -0.3 is 4.74 Å². The van der Waals surface area contributed by atoms with Gasteiger partial charge in [0.2, 0.25) is 5.91 Å². The molecule has 2 amide bonds. The molecule has 5 heterocycles. The maximum absolute atomic E-state index is 13.3. The Morgan fingerprint density at radius 3 is 2.77 bits per heavy atom. The second-order valence-corrected chi connectivity index (χ2v) is 9.48. The van der Waals surface area contributed by atoms with Crippen LogP contribution in [0.1, 0.15) is 35.3 Å². The van der Waals surface area contributed by atoms with Gasteiger partial charge in [0, 0.05) is 42.0 Å². The summed E-state index contributed by atoms with van der Waals surface area (Å²) in [6.07, 6.45) is 7.05. The van der Waals surface area contributed by atoms with E-state index in [0.717, 1.165) is 23.2 Å². The van der Waals surface area contributed by atoms with Crippen LogP contribution in [-0.4, -0.2) is 45.4 Å². The number of pyridine rings is 3. The van der Waals surface area contributed by atoms with Gasteiger partial charge in [0.05, 0.1) is 29.8 Å². The predicted molar refractivity (Wildman–Crippen MR) is 135 cm³/mol. The SMILES string of the molecule is COc1cnc(Cl)cc1-c1cc(C)ncc1C(=O)Nc1nc2cnc(N3CCCCC3=O)cc2s1. The number of hydrogen-bond donors (Lipinski definition) is 1. The molecule has 0 saturated carbocycles. The van der Waals surface area contributed by atoms with Crippen molar-refractivity contribution in [2.75, 3.05) is 23.9 Å². The van der Waals surface area contributed by atoms with Crippen molar-refractivity contribution >= 4 is 55.9 Å². The zero-order chi connectivity index (χ0) is 24.5. The van der Waals surface area contributed by atoms with E-state index in [-0.39, 0.29) is 17.0 Å². The number of nitrogens with one attached hydrogen (secondary N) is 1. The average Bonchev–Trinajstić information content (AvgIpc) is 3.25. The Bertz CT molecular complexity index is 1460. The number of methoxy groups -OCH3 is 1. The zero-order valence-electron chi connectivity index (χ0n) is 19.0. The highest BCUT2D eigenvalue weighted by Crippen LogP contribution is 2.35. The zero-order valence-corrected chi connectivity index (χ0v) is 20.6. The molecule has 0 bridgehead atoms. The van der Waals surface area contributed by atoms with Crippen molar-refractivity contribution in [1.82, 2.24) is 19.9 Å². The van der Waals surface area contributed by atoms with Gasteiger partial charge in [-0.05, 0) is 31.9 Å². The molecule has 0 spiro atoms. The fraction of sp³-hybridized carbons (Fsp3) is 0.250. The van der Waals surface area contributed by atoms with E-state index >= 15 is 0 Å². The minimum atomic E-state index is -0.374. The van der Waals surface area contributed by atoms with Gasteiger partial charge in [0.15, 0.2) is 5.13 Å². The molecule has 0 unspecified atom stereocenters. The van der Waals surface area contributed by atoms with Crippen LogP contribution >= 0.6 is 22.9 Å². The molecule has 1 fully saturated rings. The lowest BCUT2D eigenvalue weighted by molar-refractivity contribution is -0.119. The molecule has 1 aliphatic heterocycles. The number of hydrogen-bond acceptors (Lipinski definition) is 8. The number of aromatic nitrogens is 4. The second kappa shape index (κ2) is 9.55. The van der Waals surface area contributed by atoms with Crippen molar-refractivity contribution in [2.24, 2.45) is 0 Å². The molecule has 4 aromatic rings. The molecule has 178 valence electrons. The quantitative estimate of drug-likeness (QED) is 0.382. The number of anilines is 2. The minimum Gasteiger partial charge on any atom is -0.494 e. The summed E-state index contributed by atoms with van der Waals surface area (Å²) in [5.41, 5.74) is 2.96. The highest BCUT2D eigenvalue weighted by atomic mass is 35.5. The van der Waals surface area contributed by atoms with E-state index in [1.165, 1.54) is 30.8 Å². The number of rotatable bonds is 5. The highest BCUT2D eigenvalue weighted by molar-refractivity contribution is 7.22. The fourth-order valence-electron chi connectivity index (χ4n) is 3.99. The summed E-state index contributed by atoms with van der Waals surface area (Å²) in [5, 5.41) is 3.57. The molecule has 5 rings (SSSR count). The summed E-state index contributed by atoms with van der Waals surface area (Å²) in [6.45, 7) is 2.50. The number of fused-ring (bicyclic) bond motifs is 1. The van der Waals surface area contributed by atoms with Gasteiger partial charge in [0.25, 0.3) is 5.91 Å². The first-order valence-electron chi connectivity index (χ1n) is 11.0. The minimum absolute atomic E-state index is 0.0761. The van der Waals surface area contributed by atoms with Crippen molar-refractivity contribution < 1.29 is 14.3 Å². The van der Waals surface area contributed by atoms with E-state index in [2.05, 4.69) is 25.3 Å². The lowest BCUT2D eigenvalue weighted by Crippen LogP contribution is -2.35. The Morgan fingerprint density at radius 2 is 1.97 bits per heavy atom. The van der Waals surface area contributed by atoms with Crippen molar-refractivity contribution in [2.45, 2.75) is 26.2 Å². The number of carbonyl (C=O) groups is 2. The maximum Gasteiger partial charge on any atom is 0.259 e. The molecule has 1 N–H and O–H groups in total. The average molecular weight is 509 g/mol. The Morgan fingerprint density at radius 1 is 1.11 bits per heavy atom. The van der Waals surface area contributed by atoms with Crippen molar-refractivity contribution in [3.8, 4) is 16.9 Å². The number of piperidine rings is 1. The molecular weight excluding hydrogens is 488 g/mol. The first-order chi connectivity index (χ1) is 16.9. The van der Waals surface area contributed by atoms with Gasteiger partial charge >= 0.3 is 0 Å². The van der Waals surface area contributed by atoms with Crippen LogP contribution < -0.4 is 15.0 Å². The van der Waals surface area contributed by atoms with Crippen LogP contribution in [0, 0.1) is 6.92 Å². The summed E-state index contributed by atoms with van der Waals surface area (Å²) in [4.78, 5) is 44.5. The number of ether oxygens (including phenoxy) is 1. The molecule has 9 nitrogen and oxygen atoms in total. The van der Waals surface area contributed by atoms with Gasteiger partial charge in [-0.3, -0.25) is 24.8 Å². The van der Waals surface area contributed by atoms with Crippen LogP contribution in [0.25, 0.3) is 21.3 Å². The lowest BCUT2D eigenvalue weighted by atomic mass is 10.0. The van der Waals surface area contributed by atoms with Crippen molar-refractivity contribution in [3.63, 3.8) is 0 Å². The van der Waals surface area contributed by atoms with Crippen LogP contribution in [0.2, 0.25) is 5.15 Å². The first-order valence-corrected chi connectivity index (χ1v) is 12.2. The van der Waals surface area contributed by atoms with Crippen LogP contribution in [0.15, 0.2) is 36.8 Å². The van der Waals surface area contributed by atoms with Crippen LogP contribution in [-0.2, 0) is 4.79 Å². The normalized spacial score (nSPS) is 13.8. The molecule has 0 atom stereocenters. The topological polar surface area (TPSA) is 110 Å². The molecule has 0 aliphatic carbocycles. The Labute approximate surface area is 210 Å². The van der Waals surface area contributed by atoms with E-state index in [0.29, 0.717) is 51.9 Å². The Balaban J connectivity index is 1.46. The van der Waals surface area contributed by atoms with E-state index in [1.54, 1.807) is 23.2 Å². The van der Waals surface area contributed by atoms with E-state index in [4.69, 9.17) is 16.3 Å². The van der Waals surface area contributed by atoms with Gasteiger partial charge in [-0.2, -0.15) is 0 Å². The van der Waals surface area contributed by atoms with Crippen molar-refractivity contribution in [3.05, 3.63) is 53.2 Å². The summed E-state index contributed by atoms with van der Waals surface area (Å²) < 4.78 is 6.27. The predicted octanol–water partition coefficient (Wildman–Crippen LogP) is 4.89. The molecule has 35 heavy (non-hydrogen) atoms.